The molecule has 0 radical (unpaired) electrons. The lowest BCUT2D eigenvalue weighted by atomic mass is 9.60. The van der Waals surface area contributed by atoms with Gasteiger partial charge in [0.05, 0.1) is 30.2 Å². The fourth-order valence-corrected chi connectivity index (χ4v) is 9.13. The van der Waals surface area contributed by atoms with Crippen molar-refractivity contribution in [2.24, 2.45) is 17.8 Å². The van der Waals surface area contributed by atoms with Crippen LogP contribution >= 0.6 is 0 Å². The summed E-state index contributed by atoms with van der Waals surface area (Å²) in [5.74, 6) is 0.361. The van der Waals surface area contributed by atoms with Gasteiger partial charge in [0.1, 0.15) is 6.04 Å². The Morgan fingerprint density at radius 1 is 1.27 bits per heavy atom. The molecule has 4 saturated heterocycles. The number of para-hydroxylation sites is 1. The number of hydrogen-bond donors (Lipinski definition) is 2. The number of quaternary nitrogens is 1. The van der Waals surface area contributed by atoms with E-state index in [2.05, 4.69) is 43.1 Å². The minimum Gasteiger partial charge on any atom is -0.462 e. The van der Waals surface area contributed by atoms with Gasteiger partial charge < -0.3 is 19.8 Å². The third-order valence-electron chi connectivity index (χ3n) is 9.83. The van der Waals surface area contributed by atoms with Crippen molar-refractivity contribution >= 4 is 11.7 Å². The molecule has 10 unspecified atom stereocenters. The van der Waals surface area contributed by atoms with Crippen molar-refractivity contribution in [2.75, 3.05) is 25.1 Å². The van der Waals surface area contributed by atoms with Gasteiger partial charge >= 0.3 is 5.97 Å². The highest BCUT2D eigenvalue weighted by molar-refractivity contribution is 5.71. The van der Waals surface area contributed by atoms with E-state index in [0.717, 1.165) is 19.3 Å². The molecule has 6 heteroatoms. The van der Waals surface area contributed by atoms with Gasteiger partial charge in [-0.25, -0.2) is 4.79 Å². The zero-order chi connectivity index (χ0) is 21.0. The van der Waals surface area contributed by atoms with E-state index in [9.17, 15) is 15.0 Å². The molecular weight excluding hydrogens is 380 g/mol. The standard InChI is InChI=1S/C24H33N2O4/c1-4-13-14-10-17-21-24(15-8-6-7-9-16(15)25(21)3)11-18(20(14)22(24)28)26(17,23(13)29)12-19(27)30-5-2/h6-9,13-14,17-18,20-23,28-29H,4-5,10-12H2,1-3H3/q+1. The minimum atomic E-state index is -0.565. The van der Waals surface area contributed by atoms with Crippen molar-refractivity contribution in [2.45, 2.75) is 69.0 Å². The smallest absolute Gasteiger partial charge is 0.361 e. The lowest BCUT2D eigenvalue weighted by Gasteiger charge is -2.67. The Kier molecular flexibility index (Phi) is 3.81. The Morgan fingerprint density at radius 2 is 2.03 bits per heavy atom. The predicted molar refractivity (Wildman–Crippen MR) is 112 cm³/mol. The number of carbonyl (C=O) groups excluding carboxylic acids is 1. The van der Waals surface area contributed by atoms with E-state index in [1.165, 1.54) is 11.3 Å². The van der Waals surface area contributed by atoms with Gasteiger partial charge in [-0.1, -0.05) is 25.1 Å². The average Bonchev–Trinajstić information content (AvgIpc) is 3.11. The molecule has 1 aliphatic carbocycles. The molecular formula is C24H33N2O4+. The first-order valence-corrected chi connectivity index (χ1v) is 11.6. The quantitative estimate of drug-likeness (QED) is 0.580. The maximum absolute atomic E-state index is 12.8. The average molecular weight is 414 g/mol. The van der Waals surface area contributed by atoms with Gasteiger partial charge in [-0.3, -0.25) is 4.48 Å². The summed E-state index contributed by atoms with van der Waals surface area (Å²) in [4.78, 5) is 15.2. The molecule has 1 spiro atoms. The highest BCUT2D eigenvalue weighted by Gasteiger charge is 2.83. The molecule has 162 valence electrons. The van der Waals surface area contributed by atoms with E-state index in [1.807, 2.05) is 6.92 Å². The summed E-state index contributed by atoms with van der Waals surface area (Å²) in [6.45, 7) is 4.55. The molecule has 2 N–H and O–H groups in total. The van der Waals surface area contributed by atoms with Crippen LogP contribution in [0.3, 0.4) is 0 Å². The van der Waals surface area contributed by atoms with Gasteiger partial charge in [0.25, 0.3) is 0 Å². The van der Waals surface area contributed by atoms with E-state index in [0.29, 0.717) is 17.0 Å². The summed E-state index contributed by atoms with van der Waals surface area (Å²) in [5, 5.41) is 23.7. The van der Waals surface area contributed by atoms with Crippen molar-refractivity contribution in [1.29, 1.82) is 0 Å². The van der Waals surface area contributed by atoms with E-state index in [1.54, 1.807) is 0 Å². The molecule has 6 aliphatic rings. The summed E-state index contributed by atoms with van der Waals surface area (Å²) < 4.78 is 5.81. The van der Waals surface area contributed by atoms with Crippen LogP contribution in [0, 0.1) is 17.8 Å². The highest BCUT2D eigenvalue weighted by atomic mass is 16.5. The second-order valence-corrected chi connectivity index (χ2v) is 10.3. The maximum Gasteiger partial charge on any atom is 0.361 e. The molecule has 5 heterocycles. The van der Waals surface area contributed by atoms with Crippen LogP contribution < -0.4 is 4.90 Å². The van der Waals surface area contributed by atoms with Gasteiger partial charge in [0.15, 0.2) is 12.8 Å². The number of fused-ring (bicyclic) bond motifs is 2. The molecule has 7 rings (SSSR count). The van der Waals surface area contributed by atoms with Crippen molar-refractivity contribution in [3.8, 4) is 0 Å². The van der Waals surface area contributed by atoms with Crippen molar-refractivity contribution < 1.29 is 24.2 Å². The fraction of sp³-hybridized carbons (Fsp3) is 0.708. The molecule has 1 aromatic carbocycles. The Hall–Kier alpha value is -1.63. The van der Waals surface area contributed by atoms with Crippen LogP contribution in [0.15, 0.2) is 24.3 Å². The third-order valence-corrected chi connectivity index (χ3v) is 9.83. The summed E-state index contributed by atoms with van der Waals surface area (Å²) >= 11 is 0. The second kappa shape index (κ2) is 5.99. The van der Waals surface area contributed by atoms with E-state index < -0.39 is 12.3 Å². The topological polar surface area (TPSA) is 70.0 Å². The predicted octanol–water partition coefficient (Wildman–Crippen LogP) is 1.63. The number of aliphatic hydroxyl groups excluding tert-OH is 2. The second-order valence-electron chi connectivity index (χ2n) is 10.3. The van der Waals surface area contributed by atoms with Gasteiger partial charge in [-0.2, -0.15) is 0 Å². The minimum absolute atomic E-state index is 0.0954. The zero-order valence-corrected chi connectivity index (χ0v) is 18.1. The van der Waals surface area contributed by atoms with Crippen LogP contribution in [0.5, 0.6) is 0 Å². The van der Waals surface area contributed by atoms with Crippen molar-refractivity contribution in [1.82, 2.24) is 0 Å². The van der Waals surface area contributed by atoms with Crippen LogP contribution in [0.1, 0.15) is 38.7 Å². The number of rotatable bonds is 4. The largest absolute Gasteiger partial charge is 0.462 e. The number of likely N-dealkylation sites (N-methyl/N-ethyl adjacent to an activating group) is 1. The molecule has 5 fully saturated rings. The number of nitrogens with zero attached hydrogens (tertiary/aromatic N) is 2. The van der Waals surface area contributed by atoms with Gasteiger partial charge in [-0.05, 0) is 30.9 Å². The number of carbonyl (C=O) groups is 1. The van der Waals surface area contributed by atoms with Crippen LogP contribution in [-0.4, -0.2) is 71.3 Å². The highest BCUT2D eigenvalue weighted by Crippen LogP contribution is 2.71. The molecule has 6 nitrogen and oxygen atoms in total. The number of hydrogen-bond acceptors (Lipinski definition) is 5. The summed E-state index contributed by atoms with van der Waals surface area (Å²) in [5.41, 5.74) is 2.17. The number of esters is 1. The molecule has 1 aromatic rings. The number of piperidine rings is 4. The Bertz CT molecular complexity index is 907. The Morgan fingerprint density at radius 3 is 2.77 bits per heavy atom. The van der Waals surface area contributed by atoms with Crippen LogP contribution in [0.25, 0.3) is 0 Å². The molecule has 10 atom stereocenters. The normalized spacial score (nSPS) is 49.3. The molecule has 5 aliphatic heterocycles. The first kappa shape index (κ1) is 19.1. The molecule has 1 saturated carbocycles. The van der Waals surface area contributed by atoms with Crippen LogP contribution in [0.4, 0.5) is 5.69 Å². The van der Waals surface area contributed by atoms with E-state index >= 15 is 0 Å². The lowest BCUT2D eigenvalue weighted by molar-refractivity contribution is -1.03. The number of ether oxygens (including phenoxy) is 1. The first-order chi connectivity index (χ1) is 14.4. The van der Waals surface area contributed by atoms with E-state index in [-0.39, 0.29) is 47.9 Å². The number of benzene rings is 1. The summed E-state index contributed by atoms with van der Waals surface area (Å²) in [7, 11) is 2.14. The molecule has 0 aromatic heterocycles. The zero-order valence-electron chi connectivity index (χ0n) is 18.1. The van der Waals surface area contributed by atoms with E-state index in [4.69, 9.17) is 4.74 Å². The van der Waals surface area contributed by atoms with Crippen LogP contribution in [-0.2, 0) is 14.9 Å². The first-order valence-electron chi connectivity index (χ1n) is 11.6. The van der Waals surface area contributed by atoms with Gasteiger partial charge in [-0.15, -0.1) is 0 Å². The number of aliphatic hydroxyl groups is 2. The SMILES string of the molecule is CCOC(=O)C[N+]12C(O)C(CC)C3CC1C1N(C)c4ccccc4C14CC2C3C4O. The Labute approximate surface area is 178 Å². The fourth-order valence-electron chi connectivity index (χ4n) is 9.13. The molecule has 5 bridgehead atoms. The Balaban J connectivity index is 1.57. The third kappa shape index (κ3) is 1.83. The molecule has 0 amide bonds. The van der Waals surface area contributed by atoms with Crippen LogP contribution in [0.2, 0.25) is 0 Å². The van der Waals surface area contributed by atoms with Gasteiger partial charge in [0, 0.05) is 37.4 Å². The molecule has 30 heavy (non-hydrogen) atoms. The maximum atomic E-state index is 12.8. The lowest BCUT2D eigenvalue weighted by Crippen LogP contribution is -2.83. The number of anilines is 1. The van der Waals surface area contributed by atoms with Crippen molar-refractivity contribution in [3.63, 3.8) is 0 Å². The monoisotopic (exact) mass is 413 g/mol. The summed E-state index contributed by atoms with van der Waals surface area (Å²) in [6.07, 6.45) is 1.69. The van der Waals surface area contributed by atoms with Gasteiger partial charge in [0.2, 0.25) is 0 Å². The van der Waals surface area contributed by atoms with Crippen molar-refractivity contribution in [3.05, 3.63) is 29.8 Å². The summed E-state index contributed by atoms with van der Waals surface area (Å²) in [6, 6.07) is 8.84.